The van der Waals surface area contributed by atoms with Crippen LogP contribution in [0.4, 0.5) is 4.39 Å². The van der Waals surface area contributed by atoms with Gasteiger partial charge in [0.05, 0.1) is 5.69 Å². The van der Waals surface area contributed by atoms with Gasteiger partial charge < -0.3 is 14.6 Å². The van der Waals surface area contributed by atoms with Crippen molar-refractivity contribution < 1.29 is 18.8 Å². The van der Waals surface area contributed by atoms with Gasteiger partial charge in [-0.25, -0.2) is 4.39 Å². The standard InChI is InChI=1S/C22H19ClFN3O3/c23-13-1-3-15-17(11-25-18(15)9-13)21(22(28)29)27-7-5-12(6-8-27)20-16-4-2-14(24)10-19(16)30-26-20/h1-4,9-12,21,25H,5-8H2,(H,28,29)/t21-/m1/s1. The lowest BCUT2D eigenvalue weighted by Gasteiger charge is -2.35. The quantitative estimate of drug-likeness (QED) is 0.473. The fourth-order valence-electron chi connectivity index (χ4n) is 4.49. The van der Waals surface area contributed by atoms with E-state index < -0.39 is 12.0 Å². The molecule has 0 amide bonds. The van der Waals surface area contributed by atoms with E-state index in [1.165, 1.54) is 12.1 Å². The first-order chi connectivity index (χ1) is 14.5. The minimum absolute atomic E-state index is 0.143. The highest BCUT2D eigenvalue weighted by atomic mass is 35.5. The van der Waals surface area contributed by atoms with Crippen LogP contribution in [-0.2, 0) is 4.79 Å². The second kappa shape index (κ2) is 7.41. The maximum Gasteiger partial charge on any atom is 0.325 e. The van der Waals surface area contributed by atoms with Gasteiger partial charge in [0.1, 0.15) is 11.9 Å². The molecule has 1 aliphatic rings. The summed E-state index contributed by atoms with van der Waals surface area (Å²) >= 11 is 6.05. The van der Waals surface area contributed by atoms with E-state index in [4.69, 9.17) is 16.1 Å². The van der Waals surface area contributed by atoms with Crippen LogP contribution in [0.1, 0.15) is 36.1 Å². The average Bonchev–Trinajstić information content (AvgIpc) is 3.32. The summed E-state index contributed by atoms with van der Waals surface area (Å²) < 4.78 is 18.7. The number of fused-ring (bicyclic) bond motifs is 2. The highest BCUT2D eigenvalue weighted by molar-refractivity contribution is 6.31. The Morgan fingerprint density at radius 2 is 2.00 bits per heavy atom. The largest absolute Gasteiger partial charge is 0.480 e. The number of likely N-dealkylation sites (tertiary alicyclic amines) is 1. The van der Waals surface area contributed by atoms with Crippen LogP contribution in [0, 0.1) is 5.82 Å². The molecule has 154 valence electrons. The van der Waals surface area contributed by atoms with Crippen molar-refractivity contribution in [1.82, 2.24) is 15.0 Å². The van der Waals surface area contributed by atoms with Gasteiger partial charge in [0.15, 0.2) is 5.58 Å². The molecule has 3 heterocycles. The van der Waals surface area contributed by atoms with Crippen molar-refractivity contribution in [1.29, 1.82) is 0 Å². The van der Waals surface area contributed by atoms with Crippen molar-refractivity contribution >= 4 is 39.4 Å². The maximum absolute atomic E-state index is 13.4. The number of aliphatic carboxylic acids is 1. The van der Waals surface area contributed by atoms with Crippen molar-refractivity contribution in [2.45, 2.75) is 24.8 Å². The van der Waals surface area contributed by atoms with E-state index in [1.54, 1.807) is 24.4 Å². The predicted octanol–water partition coefficient (Wildman–Crippen LogP) is 5.11. The molecule has 0 radical (unpaired) electrons. The van der Waals surface area contributed by atoms with Gasteiger partial charge >= 0.3 is 5.97 Å². The molecule has 0 spiro atoms. The molecule has 1 saturated heterocycles. The molecule has 2 N–H and O–H groups in total. The number of H-pyrrole nitrogens is 1. The summed E-state index contributed by atoms with van der Waals surface area (Å²) in [5.41, 5.74) is 2.81. The van der Waals surface area contributed by atoms with Crippen LogP contribution in [0.3, 0.4) is 0 Å². The number of aromatic amines is 1. The van der Waals surface area contributed by atoms with Crippen LogP contribution in [-0.4, -0.2) is 39.2 Å². The average molecular weight is 428 g/mol. The van der Waals surface area contributed by atoms with Crippen LogP contribution in [0.5, 0.6) is 0 Å². The number of piperidine rings is 1. The van der Waals surface area contributed by atoms with Crippen molar-refractivity contribution in [3.8, 4) is 0 Å². The van der Waals surface area contributed by atoms with E-state index in [2.05, 4.69) is 10.1 Å². The number of hydrogen-bond acceptors (Lipinski definition) is 4. The molecule has 0 bridgehead atoms. The Morgan fingerprint density at radius 1 is 1.23 bits per heavy atom. The minimum atomic E-state index is -0.883. The molecule has 1 atom stereocenters. The number of benzene rings is 2. The highest BCUT2D eigenvalue weighted by Gasteiger charge is 2.34. The molecule has 8 heteroatoms. The third-order valence-electron chi connectivity index (χ3n) is 5.95. The van der Waals surface area contributed by atoms with Gasteiger partial charge in [-0.1, -0.05) is 22.8 Å². The van der Waals surface area contributed by atoms with Gasteiger partial charge in [-0.05, 0) is 50.2 Å². The lowest BCUT2D eigenvalue weighted by Crippen LogP contribution is -2.39. The van der Waals surface area contributed by atoms with Gasteiger partial charge in [0.2, 0.25) is 0 Å². The zero-order valence-electron chi connectivity index (χ0n) is 15.9. The number of carboxylic acid groups (broad SMARTS) is 1. The summed E-state index contributed by atoms with van der Waals surface area (Å²) in [6.07, 6.45) is 3.25. The molecule has 0 aliphatic carbocycles. The fourth-order valence-corrected chi connectivity index (χ4v) is 4.66. The SMILES string of the molecule is O=C(O)[C@@H](c1c[nH]c2cc(Cl)ccc12)N1CCC(c2noc3cc(F)ccc23)CC1. The predicted molar refractivity (Wildman–Crippen MR) is 111 cm³/mol. The highest BCUT2D eigenvalue weighted by Crippen LogP contribution is 2.37. The van der Waals surface area contributed by atoms with Crippen LogP contribution in [0.2, 0.25) is 5.02 Å². The molecule has 5 rings (SSSR count). The minimum Gasteiger partial charge on any atom is -0.480 e. The third kappa shape index (κ3) is 3.24. The van der Waals surface area contributed by atoms with Gasteiger partial charge in [-0.2, -0.15) is 0 Å². The van der Waals surface area contributed by atoms with E-state index in [0.717, 1.165) is 40.4 Å². The van der Waals surface area contributed by atoms with Crippen molar-refractivity contribution in [2.24, 2.45) is 0 Å². The van der Waals surface area contributed by atoms with Gasteiger partial charge in [0.25, 0.3) is 0 Å². The smallest absolute Gasteiger partial charge is 0.325 e. The summed E-state index contributed by atoms with van der Waals surface area (Å²) in [6.45, 7) is 1.22. The summed E-state index contributed by atoms with van der Waals surface area (Å²) in [4.78, 5) is 17.3. The summed E-state index contributed by atoms with van der Waals surface area (Å²) in [5.74, 6) is -1.10. The second-order valence-electron chi connectivity index (χ2n) is 7.69. The van der Waals surface area contributed by atoms with Crippen LogP contribution < -0.4 is 0 Å². The summed E-state index contributed by atoms with van der Waals surface area (Å²) in [7, 11) is 0. The number of carboxylic acids is 1. The molecular formula is C22H19ClFN3O3. The zero-order valence-corrected chi connectivity index (χ0v) is 16.7. The van der Waals surface area contributed by atoms with Crippen molar-refractivity contribution in [2.75, 3.05) is 13.1 Å². The number of carbonyl (C=O) groups is 1. The molecule has 6 nitrogen and oxygen atoms in total. The van der Waals surface area contributed by atoms with Crippen molar-refractivity contribution in [3.05, 3.63) is 64.7 Å². The number of rotatable bonds is 4. The topological polar surface area (TPSA) is 82.4 Å². The van der Waals surface area contributed by atoms with Gasteiger partial charge in [0, 0.05) is 45.1 Å². The number of aromatic nitrogens is 2. The van der Waals surface area contributed by atoms with Crippen LogP contribution in [0.25, 0.3) is 21.9 Å². The van der Waals surface area contributed by atoms with Gasteiger partial charge in [-0.3, -0.25) is 9.69 Å². The first-order valence-electron chi connectivity index (χ1n) is 9.79. The maximum atomic E-state index is 13.4. The van der Waals surface area contributed by atoms with Crippen LogP contribution in [0.15, 0.2) is 47.1 Å². The van der Waals surface area contributed by atoms with E-state index in [-0.39, 0.29) is 11.7 Å². The van der Waals surface area contributed by atoms with E-state index >= 15 is 0 Å². The van der Waals surface area contributed by atoms with Crippen LogP contribution >= 0.6 is 11.6 Å². The fraction of sp³-hybridized carbons (Fsp3) is 0.273. The number of nitrogens with one attached hydrogen (secondary N) is 1. The Bertz CT molecular complexity index is 1240. The Hall–Kier alpha value is -2.90. The second-order valence-corrected chi connectivity index (χ2v) is 8.13. The number of halogens is 2. The normalized spacial score (nSPS) is 17.0. The Balaban J connectivity index is 1.39. The number of nitrogens with zero attached hydrogens (tertiary/aromatic N) is 2. The molecule has 1 aliphatic heterocycles. The Labute approximate surface area is 176 Å². The monoisotopic (exact) mass is 427 g/mol. The lowest BCUT2D eigenvalue weighted by atomic mass is 9.90. The molecule has 0 unspecified atom stereocenters. The van der Waals surface area contributed by atoms with E-state index in [0.29, 0.717) is 23.7 Å². The molecular weight excluding hydrogens is 409 g/mol. The molecule has 30 heavy (non-hydrogen) atoms. The van der Waals surface area contributed by atoms with E-state index in [9.17, 15) is 14.3 Å². The zero-order chi connectivity index (χ0) is 20.8. The molecule has 2 aromatic heterocycles. The molecule has 2 aromatic carbocycles. The Morgan fingerprint density at radius 3 is 2.77 bits per heavy atom. The Kier molecular flexibility index (Phi) is 4.72. The summed E-state index contributed by atoms with van der Waals surface area (Å²) in [6, 6.07) is 9.11. The van der Waals surface area contributed by atoms with Gasteiger partial charge in [-0.15, -0.1) is 0 Å². The summed E-state index contributed by atoms with van der Waals surface area (Å²) in [5, 5.41) is 16.4. The first kappa shape index (κ1) is 19.1. The first-order valence-corrected chi connectivity index (χ1v) is 10.2. The van der Waals surface area contributed by atoms with E-state index in [1.807, 2.05) is 11.0 Å². The molecule has 0 saturated carbocycles. The molecule has 1 fully saturated rings. The lowest BCUT2D eigenvalue weighted by molar-refractivity contribution is -0.144. The number of hydrogen-bond donors (Lipinski definition) is 2. The third-order valence-corrected chi connectivity index (χ3v) is 6.18. The van der Waals surface area contributed by atoms with Crippen molar-refractivity contribution in [3.63, 3.8) is 0 Å². The molecule has 4 aromatic rings.